The fraction of sp³-hybridized carbons (Fsp3) is 0.818. The van der Waals surface area contributed by atoms with Crippen LogP contribution in [0.2, 0.25) is 0 Å². The molecule has 1 aromatic rings. The standard InChI is InChI=1S/C11H20N6O.ClH/c1-2-7-17(10-3-5-12-6-4-10)11(18)8-16-9-13-14-15-16;/h9-10,12H,2-8H2,1H3;1H. The zero-order valence-electron chi connectivity index (χ0n) is 11.2. The lowest BCUT2D eigenvalue weighted by atomic mass is 10.0. The van der Waals surface area contributed by atoms with Gasteiger partial charge >= 0.3 is 0 Å². The van der Waals surface area contributed by atoms with Crippen LogP contribution in [0, 0.1) is 0 Å². The Morgan fingerprint density at radius 2 is 2.21 bits per heavy atom. The van der Waals surface area contributed by atoms with Gasteiger partial charge in [0.15, 0.2) is 0 Å². The number of hydrogen-bond donors (Lipinski definition) is 1. The Hall–Kier alpha value is -1.21. The van der Waals surface area contributed by atoms with Crippen molar-refractivity contribution in [1.29, 1.82) is 0 Å². The molecule has 1 fully saturated rings. The summed E-state index contributed by atoms with van der Waals surface area (Å²) in [5, 5.41) is 14.1. The third-order valence-electron chi connectivity index (χ3n) is 3.22. The summed E-state index contributed by atoms with van der Waals surface area (Å²) in [4.78, 5) is 14.3. The molecule has 1 aromatic heterocycles. The second-order valence-electron chi connectivity index (χ2n) is 4.58. The summed E-state index contributed by atoms with van der Waals surface area (Å²) in [5.74, 6) is 0.107. The summed E-state index contributed by atoms with van der Waals surface area (Å²) >= 11 is 0. The van der Waals surface area contributed by atoms with Crippen LogP contribution in [0.1, 0.15) is 26.2 Å². The number of rotatable bonds is 5. The minimum atomic E-state index is 0. The summed E-state index contributed by atoms with van der Waals surface area (Å²) in [7, 11) is 0. The lowest BCUT2D eigenvalue weighted by Gasteiger charge is -2.34. The van der Waals surface area contributed by atoms with Gasteiger partial charge in [-0.15, -0.1) is 17.5 Å². The molecule has 2 heterocycles. The van der Waals surface area contributed by atoms with Gasteiger partial charge in [0.2, 0.25) is 5.91 Å². The largest absolute Gasteiger partial charge is 0.338 e. The van der Waals surface area contributed by atoms with Crippen LogP contribution in [0.25, 0.3) is 0 Å². The highest BCUT2D eigenvalue weighted by molar-refractivity contribution is 5.85. The van der Waals surface area contributed by atoms with E-state index in [4.69, 9.17) is 0 Å². The van der Waals surface area contributed by atoms with Crippen LogP contribution in [0.4, 0.5) is 0 Å². The van der Waals surface area contributed by atoms with Gasteiger partial charge < -0.3 is 10.2 Å². The van der Waals surface area contributed by atoms with Gasteiger partial charge in [-0.05, 0) is 42.8 Å². The average Bonchev–Trinajstić information content (AvgIpc) is 2.89. The van der Waals surface area contributed by atoms with E-state index in [0.29, 0.717) is 6.04 Å². The van der Waals surface area contributed by atoms with E-state index >= 15 is 0 Å². The SMILES string of the molecule is CCCN(C(=O)Cn1cnnn1)C1CCNCC1.Cl. The first kappa shape index (κ1) is 15.8. The monoisotopic (exact) mass is 288 g/mol. The molecule has 2 rings (SSSR count). The van der Waals surface area contributed by atoms with Crippen LogP contribution < -0.4 is 5.32 Å². The quantitative estimate of drug-likeness (QED) is 0.831. The maximum atomic E-state index is 12.3. The molecule has 1 saturated heterocycles. The third-order valence-corrected chi connectivity index (χ3v) is 3.22. The predicted molar refractivity (Wildman–Crippen MR) is 73.0 cm³/mol. The number of nitrogens with zero attached hydrogens (tertiary/aromatic N) is 5. The van der Waals surface area contributed by atoms with Gasteiger partial charge in [-0.1, -0.05) is 6.92 Å². The Morgan fingerprint density at radius 1 is 1.47 bits per heavy atom. The number of tetrazole rings is 1. The van der Waals surface area contributed by atoms with E-state index in [0.717, 1.165) is 38.9 Å². The van der Waals surface area contributed by atoms with Crippen LogP contribution >= 0.6 is 12.4 Å². The zero-order chi connectivity index (χ0) is 12.8. The Kier molecular flexibility index (Phi) is 6.72. The van der Waals surface area contributed by atoms with E-state index in [9.17, 15) is 4.79 Å². The Morgan fingerprint density at radius 3 is 2.79 bits per heavy atom. The molecular weight excluding hydrogens is 268 g/mol. The predicted octanol–water partition coefficient (Wildman–Crippen LogP) is 0.0855. The molecule has 1 aliphatic heterocycles. The highest BCUT2D eigenvalue weighted by Crippen LogP contribution is 2.13. The Bertz CT molecular complexity index is 365. The fourth-order valence-electron chi connectivity index (χ4n) is 2.35. The molecule has 19 heavy (non-hydrogen) atoms. The lowest BCUT2D eigenvalue weighted by molar-refractivity contribution is -0.135. The molecular formula is C11H21ClN6O. The molecule has 0 saturated carbocycles. The van der Waals surface area contributed by atoms with Gasteiger partial charge in [0, 0.05) is 12.6 Å². The van der Waals surface area contributed by atoms with Crippen molar-refractivity contribution in [3.8, 4) is 0 Å². The van der Waals surface area contributed by atoms with Gasteiger partial charge in [0.05, 0.1) is 0 Å². The van der Waals surface area contributed by atoms with Gasteiger partial charge in [-0.2, -0.15) is 0 Å². The molecule has 0 aliphatic carbocycles. The van der Waals surface area contributed by atoms with E-state index in [1.54, 1.807) is 0 Å². The molecule has 1 N–H and O–H groups in total. The van der Waals surface area contributed by atoms with E-state index < -0.39 is 0 Å². The van der Waals surface area contributed by atoms with Crippen molar-refractivity contribution in [2.45, 2.75) is 38.8 Å². The summed E-state index contributed by atoms with van der Waals surface area (Å²) in [5.41, 5.74) is 0. The number of amides is 1. The Balaban J connectivity index is 0.00000180. The van der Waals surface area contributed by atoms with Gasteiger partial charge in [0.25, 0.3) is 0 Å². The van der Waals surface area contributed by atoms with Gasteiger partial charge in [-0.3, -0.25) is 4.79 Å². The van der Waals surface area contributed by atoms with E-state index in [2.05, 4.69) is 27.8 Å². The van der Waals surface area contributed by atoms with Crippen LogP contribution in [0.3, 0.4) is 0 Å². The lowest BCUT2D eigenvalue weighted by Crippen LogP contribution is -2.47. The third kappa shape index (κ3) is 4.43. The summed E-state index contributed by atoms with van der Waals surface area (Å²) in [6, 6.07) is 0.357. The molecule has 0 spiro atoms. The van der Waals surface area contributed by atoms with E-state index in [-0.39, 0.29) is 24.9 Å². The number of aromatic nitrogens is 4. The van der Waals surface area contributed by atoms with Gasteiger partial charge in [-0.25, -0.2) is 4.68 Å². The smallest absolute Gasteiger partial charge is 0.244 e. The summed E-state index contributed by atoms with van der Waals surface area (Å²) in [6.45, 7) is 5.12. The minimum Gasteiger partial charge on any atom is -0.338 e. The minimum absolute atomic E-state index is 0. The highest BCUT2D eigenvalue weighted by Gasteiger charge is 2.24. The maximum absolute atomic E-state index is 12.3. The summed E-state index contributed by atoms with van der Waals surface area (Å²) < 4.78 is 1.48. The number of carbonyl (C=O) groups is 1. The molecule has 0 atom stereocenters. The molecule has 1 aliphatic rings. The molecule has 1 amide bonds. The molecule has 0 aromatic carbocycles. The molecule has 0 radical (unpaired) electrons. The number of piperidine rings is 1. The van der Waals surface area contributed by atoms with Crippen LogP contribution in [0.5, 0.6) is 0 Å². The molecule has 8 heteroatoms. The fourth-order valence-corrected chi connectivity index (χ4v) is 2.35. The highest BCUT2D eigenvalue weighted by atomic mass is 35.5. The second-order valence-corrected chi connectivity index (χ2v) is 4.58. The van der Waals surface area contributed by atoms with Crippen molar-refractivity contribution in [3.63, 3.8) is 0 Å². The maximum Gasteiger partial charge on any atom is 0.244 e. The van der Waals surface area contributed by atoms with Crippen molar-refractivity contribution >= 4 is 18.3 Å². The van der Waals surface area contributed by atoms with E-state index in [1.807, 2.05) is 4.90 Å². The number of nitrogens with one attached hydrogen (secondary N) is 1. The molecule has 0 unspecified atom stereocenters. The van der Waals surface area contributed by atoms with Crippen molar-refractivity contribution in [1.82, 2.24) is 30.4 Å². The number of halogens is 1. The van der Waals surface area contributed by atoms with Crippen LogP contribution in [-0.4, -0.2) is 56.7 Å². The van der Waals surface area contributed by atoms with Crippen molar-refractivity contribution in [2.75, 3.05) is 19.6 Å². The number of hydrogen-bond acceptors (Lipinski definition) is 5. The zero-order valence-corrected chi connectivity index (χ0v) is 12.0. The first-order valence-corrected chi connectivity index (χ1v) is 6.52. The first-order chi connectivity index (χ1) is 8.81. The van der Waals surface area contributed by atoms with Crippen molar-refractivity contribution in [2.24, 2.45) is 0 Å². The van der Waals surface area contributed by atoms with E-state index in [1.165, 1.54) is 11.0 Å². The second kappa shape index (κ2) is 8.06. The molecule has 108 valence electrons. The normalized spacial score (nSPS) is 15.8. The van der Waals surface area contributed by atoms with Crippen LogP contribution in [-0.2, 0) is 11.3 Å². The first-order valence-electron chi connectivity index (χ1n) is 6.52. The number of carbonyl (C=O) groups excluding carboxylic acids is 1. The van der Waals surface area contributed by atoms with Crippen molar-refractivity contribution in [3.05, 3.63) is 6.33 Å². The summed E-state index contributed by atoms with van der Waals surface area (Å²) in [6.07, 6.45) is 4.51. The molecule has 7 nitrogen and oxygen atoms in total. The van der Waals surface area contributed by atoms with Gasteiger partial charge in [0.1, 0.15) is 12.9 Å². The van der Waals surface area contributed by atoms with Crippen LogP contribution in [0.15, 0.2) is 6.33 Å². The topological polar surface area (TPSA) is 75.9 Å². The average molecular weight is 289 g/mol. The molecule has 0 bridgehead atoms. The van der Waals surface area contributed by atoms with Crippen molar-refractivity contribution < 1.29 is 4.79 Å². The Labute approximate surface area is 119 Å².